The lowest BCUT2D eigenvalue weighted by molar-refractivity contribution is -0.126. The average molecular weight is 366 g/mol. The fourth-order valence-corrected chi connectivity index (χ4v) is 4.72. The summed E-state index contributed by atoms with van der Waals surface area (Å²) in [5.74, 6) is 1.01. The number of hydrogen-bond donors (Lipinski definition) is 1. The van der Waals surface area contributed by atoms with E-state index in [9.17, 15) is 13.2 Å². The molecule has 2 heterocycles. The Morgan fingerprint density at radius 3 is 2.40 bits per heavy atom. The molecule has 0 bridgehead atoms. The van der Waals surface area contributed by atoms with Crippen molar-refractivity contribution in [3.05, 3.63) is 18.2 Å². The third kappa shape index (κ3) is 3.46. The molecule has 0 radical (unpaired) electrons. The number of amides is 1. The number of sulfonamides is 1. The largest absolute Gasteiger partial charge is 0.486 e. The topological polar surface area (TPSA) is 84.9 Å². The van der Waals surface area contributed by atoms with Gasteiger partial charge in [0.1, 0.15) is 13.2 Å². The zero-order valence-corrected chi connectivity index (χ0v) is 14.8. The second-order valence-corrected chi connectivity index (χ2v) is 8.70. The van der Waals surface area contributed by atoms with Gasteiger partial charge in [0.25, 0.3) is 0 Å². The molecule has 0 atom stereocenters. The lowest BCUT2D eigenvalue weighted by Gasteiger charge is -2.30. The summed E-state index contributed by atoms with van der Waals surface area (Å²) in [5.41, 5.74) is 0. The zero-order chi connectivity index (χ0) is 17.4. The van der Waals surface area contributed by atoms with Gasteiger partial charge in [0.05, 0.1) is 4.90 Å². The minimum absolute atomic E-state index is 0.0684. The first kappa shape index (κ1) is 16.7. The molecule has 0 spiro atoms. The van der Waals surface area contributed by atoms with Crippen LogP contribution in [0.1, 0.15) is 25.7 Å². The predicted octanol–water partition coefficient (Wildman–Crippen LogP) is 1.14. The number of fused-ring (bicyclic) bond motifs is 1. The number of carbonyl (C=O) groups excluding carboxylic acids is 1. The van der Waals surface area contributed by atoms with Crippen LogP contribution in [0.15, 0.2) is 23.1 Å². The average Bonchev–Trinajstić information content (AvgIpc) is 3.45. The molecule has 1 saturated heterocycles. The molecule has 1 N–H and O–H groups in total. The Morgan fingerprint density at radius 2 is 1.72 bits per heavy atom. The maximum Gasteiger partial charge on any atom is 0.243 e. The number of hydrogen-bond acceptors (Lipinski definition) is 5. The fraction of sp³-hybridized carbons (Fsp3) is 0.588. The number of carbonyl (C=O) groups is 1. The summed E-state index contributed by atoms with van der Waals surface area (Å²) >= 11 is 0. The van der Waals surface area contributed by atoms with Crippen molar-refractivity contribution in [3.63, 3.8) is 0 Å². The molecule has 4 rings (SSSR count). The number of benzene rings is 1. The van der Waals surface area contributed by atoms with Crippen molar-refractivity contribution in [3.8, 4) is 11.5 Å². The zero-order valence-electron chi connectivity index (χ0n) is 13.9. The van der Waals surface area contributed by atoms with Crippen LogP contribution in [0.3, 0.4) is 0 Å². The normalized spacial score (nSPS) is 21.8. The molecule has 0 unspecified atom stereocenters. The summed E-state index contributed by atoms with van der Waals surface area (Å²) < 4.78 is 38.1. The smallest absolute Gasteiger partial charge is 0.243 e. The predicted molar refractivity (Wildman–Crippen MR) is 90.1 cm³/mol. The molecule has 3 aliphatic rings. The van der Waals surface area contributed by atoms with Gasteiger partial charge in [-0.3, -0.25) is 4.79 Å². The molecule has 1 aromatic rings. The number of nitrogens with zero attached hydrogens (tertiary/aromatic N) is 1. The number of ether oxygens (including phenoxy) is 2. The number of piperidine rings is 1. The van der Waals surface area contributed by atoms with Crippen molar-refractivity contribution in [1.29, 1.82) is 0 Å². The highest BCUT2D eigenvalue weighted by atomic mass is 32.2. The maximum absolute atomic E-state index is 12.9. The Bertz CT molecular complexity index is 767. The molecule has 2 aliphatic heterocycles. The lowest BCUT2D eigenvalue weighted by atomic mass is 9.97. The van der Waals surface area contributed by atoms with E-state index in [2.05, 4.69) is 5.32 Å². The molecule has 0 aromatic heterocycles. The maximum atomic E-state index is 12.9. The van der Waals surface area contributed by atoms with E-state index >= 15 is 0 Å². The van der Waals surface area contributed by atoms with Crippen LogP contribution < -0.4 is 14.8 Å². The Hall–Kier alpha value is -1.80. The van der Waals surface area contributed by atoms with E-state index in [-0.39, 0.29) is 16.7 Å². The van der Waals surface area contributed by atoms with Gasteiger partial charge in [-0.25, -0.2) is 8.42 Å². The van der Waals surface area contributed by atoms with Crippen LogP contribution in [0.25, 0.3) is 0 Å². The Balaban J connectivity index is 1.43. The summed E-state index contributed by atoms with van der Waals surface area (Å²) in [7, 11) is -3.59. The summed E-state index contributed by atoms with van der Waals surface area (Å²) in [6, 6.07) is 5.05. The van der Waals surface area contributed by atoms with Gasteiger partial charge in [-0.2, -0.15) is 4.31 Å². The van der Waals surface area contributed by atoms with Crippen LogP contribution in [0, 0.1) is 5.92 Å². The Kier molecular flexibility index (Phi) is 4.33. The van der Waals surface area contributed by atoms with E-state index in [0.717, 1.165) is 12.8 Å². The van der Waals surface area contributed by atoms with Gasteiger partial charge in [-0.15, -0.1) is 0 Å². The summed E-state index contributed by atoms with van der Waals surface area (Å²) in [4.78, 5) is 12.3. The first-order valence-electron chi connectivity index (χ1n) is 8.74. The van der Waals surface area contributed by atoms with Crippen molar-refractivity contribution in [2.24, 2.45) is 5.92 Å². The van der Waals surface area contributed by atoms with E-state index in [0.29, 0.717) is 56.7 Å². The van der Waals surface area contributed by atoms with Crippen LogP contribution >= 0.6 is 0 Å². The highest BCUT2D eigenvalue weighted by Gasteiger charge is 2.34. The van der Waals surface area contributed by atoms with E-state index < -0.39 is 10.0 Å². The monoisotopic (exact) mass is 366 g/mol. The van der Waals surface area contributed by atoms with Crippen molar-refractivity contribution in [1.82, 2.24) is 9.62 Å². The van der Waals surface area contributed by atoms with E-state index in [4.69, 9.17) is 9.47 Å². The molecular formula is C17H22N2O5S. The van der Waals surface area contributed by atoms with Gasteiger partial charge in [0, 0.05) is 31.1 Å². The molecule has 1 amide bonds. The molecule has 1 aliphatic carbocycles. The van der Waals surface area contributed by atoms with Crippen LogP contribution in [0.5, 0.6) is 11.5 Å². The molecule has 7 nitrogen and oxygen atoms in total. The van der Waals surface area contributed by atoms with Crippen molar-refractivity contribution < 1.29 is 22.7 Å². The number of nitrogens with one attached hydrogen (secondary N) is 1. The minimum Gasteiger partial charge on any atom is -0.486 e. The molecule has 2 fully saturated rings. The van der Waals surface area contributed by atoms with E-state index in [1.807, 2.05) is 0 Å². The Morgan fingerprint density at radius 1 is 1.04 bits per heavy atom. The van der Waals surface area contributed by atoms with Gasteiger partial charge < -0.3 is 14.8 Å². The minimum atomic E-state index is -3.59. The summed E-state index contributed by atoms with van der Waals surface area (Å²) in [6.07, 6.45) is 3.23. The first-order valence-corrected chi connectivity index (χ1v) is 10.2. The second kappa shape index (κ2) is 6.49. The third-order valence-electron chi connectivity index (χ3n) is 4.90. The van der Waals surface area contributed by atoms with Gasteiger partial charge >= 0.3 is 0 Å². The highest BCUT2D eigenvalue weighted by molar-refractivity contribution is 7.89. The van der Waals surface area contributed by atoms with Crippen molar-refractivity contribution in [2.75, 3.05) is 26.3 Å². The van der Waals surface area contributed by atoms with Crippen LogP contribution in [-0.2, 0) is 14.8 Å². The molecular weight excluding hydrogens is 344 g/mol. The SMILES string of the molecule is O=C(NC1CC1)C1CCN(S(=O)(=O)c2ccc3c(c2)OCCO3)CC1. The Labute approximate surface area is 147 Å². The van der Waals surface area contributed by atoms with E-state index in [1.54, 1.807) is 12.1 Å². The molecule has 25 heavy (non-hydrogen) atoms. The van der Waals surface area contributed by atoms with Gasteiger partial charge in [-0.1, -0.05) is 0 Å². The standard InChI is InChI=1S/C17H22N2O5S/c20-17(18-13-1-2-13)12-5-7-19(8-6-12)25(21,22)14-3-4-15-16(11-14)24-10-9-23-15/h3-4,11-13H,1-2,5-10H2,(H,18,20). The van der Waals surface area contributed by atoms with Crippen LogP contribution in [0.2, 0.25) is 0 Å². The van der Waals surface area contributed by atoms with Crippen LogP contribution in [-0.4, -0.2) is 51.0 Å². The molecule has 1 aromatic carbocycles. The fourth-order valence-electron chi connectivity index (χ4n) is 3.24. The molecule has 136 valence electrons. The van der Waals surface area contributed by atoms with Gasteiger partial charge in [0.2, 0.25) is 15.9 Å². The lowest BCUT2D eigenvalue weighted by Crippen LogP contribution is -2.43. The summed E-state index contributed by atoms with van der Waals surface area (Å²) in [5, 5.41) is 3.01. The summed E-state index contributed by atoms with van der Waals surface area (Å²) in [6.45, 7) is 1.60. The third-order valence-corrected chi connectivity index (χ3v) is 6.79. The highest BCUT2D eigenvalue weighted by Crippen LogP contribution is 2.34. The quantitative estimate of drug-likeness (QED) is 0.864. The number of rotatable bonds is 4. The van der Waals surface area contributed by atoms with Gasteiger partial charge in [0.15, 0.2) is 11.5 Å². The van der Waals surface area contributed by atoms with Crippen molar-refractivity contribution in [2.45, 2.75) is 36.6 Å². The van der Waals surface area contributed by atoms with Crippen LogP contribution in [0.4, 0.5) is 0 Å². The second-order valence-electron chi connectivity index (χ2n) is 6.77. The van der Waals surface area contributed by atoms with Crippen molar-refractivity contribution >= 4 is 15.9 Å². The van der Waals surface area contributed by atoms with Gasteiger partial charge in [-0.05, 0) is 37.8 Å². The molecule has 1 saturated carbocycles. The molecule has 8 heteroatoms. The first-order chi connectivity index (χ1) is 12.0. The van der Waals surface area contributed by atoms with E-state index in [1.165, 1.54) is 10.4 Å².